The lowest BCUT2D eigenvalue weighted by atomic mass is 10.1. The average Bonchev–Trinajstić information content (AvgIpc) is 2.87. The highest BCUT2D eigenvalue weighted by molar-refractivity contribution is 5.94. The summed E-state index contributed by atoms with van der Waals surface area (Å²) >= 11 is 0. The number of hydrogen-bond acceptors (Lipinski definition) is 6. The van der Waals surface area contributed by atoms with Gasteiger partial charge in [0.2, 0.25) is 5.91 Å². The maximum absolute atomic E-state index is 13.2. The van der Waals surface area contributed by atoms with Crippen LogP contribution in [0.5, 0.6) is 0 Å². The first-order chi connectivity index (χ1) is 12.8. The van der Waals surface area contributed by atoms with E-state index in [1.165, 1.54) is 18.2 Å². The van der Waals surface area contributed by atoms with Crippen molar-refractivity contribution in [3.8, 4) is 0 Å². The summed E-state index contributed by atoms with van der Waals surface area (Å²) in [6.07, 6.45) is -4.30. The molecule has 150 valence electrons. The summed E-state index contributed by atoms with van der Waals surface area (Å²) in [5.74, 6) is -1.35. The van der Waals surface area contributed by atoms with Crippen molar-refractivity contribution in [2.45, 2.75) is 30.8 Å². The Morgan fingerprint density at radius 3 is 2.56 bits per heavy atom. The topological polar surface area (TPSA) is 111 Å². The quantitative estimate of drug-likeness (QED) is 0.464. The molecule has 27 heavy (non-hydrogen) atoms. The predicted octanol–water partition coefficient (Wildman–Crippen LogP) is -0.887. The summed E-state index contributed by atoms with van der Waals surface area (Å²) in [6.45, 7) is 1.06. The van der Waals surface area contributed by atoms with Crippen molar-refractivity contribution in [2.24, 2.45) is 0 Å². The van der Waals surface area contributed by atoms with E-state index in [0.717, 1.165) is 6.07 Å². The molecule has 1 aromatic carbocycles. The molecule has 0 unspecified atom stereocenters. The minimum absolute atomic E-state index is 0.0771. The molecule has 0 radical (unpaired) electrons. The van der Waals surface area contributed by atoms with Crippen LogP contribution in [0.15, 0.2) is 24.3 Å². The summed E-state index contributed by atoms with van der Waals surface area (Å²) < 4.78 is 18.7. The zero-order chi connectivity index (χ0) is 20.0. The van der Waals surface area contributed by atoms with E-state index in [-0.39, 0.29) is 24.4 Å². The number of ether oxygens (including phenoxy) is 1. The second-order valence-electron chi connectivity index (χ2n) is 6.77. The fourth-order valence-electron chi connectivity index (χ4n) is 2.76. The van der Waals surface area contributed by atoms with E-state index in [1.807, 2.05) is 19.0 Å². The van der Waals surface area contributed by atoms with E-state index >= 15 is 0 Å². The maximum atomic E-state index is 13.2. The van der Waals surface area contributed by atoms with Crippen LogP contribution in [0.3, 0.4) is 0 Å². The first-order valence-electron chi connectivity index (χ1n) is 8.74. The highest BCUT2D eigenvalue weighted by atomic mass is 19.1. The molecule has 2 amide bonds. The zero-order valence-corrected chi connectivity index (χ0v) is 15.4. The van der Waals surface area contributed by atoms with Gasteiger partial charge in [-0.15, -0.1) is 0 Å². The summed E-state index contributed by atoms with van der Waals surface area (Å²) in [7, 11) is 3.77. The zero-order valence-electron chi connectivity index (χ0n) is 15.4. The van der Waals surface area contributed by atoms with E-state index in [1.54, 1.807) is 0 Å². The normalized spacial score (nSPS) is 24.8. The van der Waals surface area contributed by atoms with Crippen molar-refractivity contribution in [3.05, 3.63) is 35.6 Å². The van der Waals surface area contributed by atoms with Gasteiger partial charge in [0, 0.05) is 25.2 Å². The smallest absolute Gasteiger partial charge is 0.251 e. The molecular formula is C18H26FN3O5. The summed E-state index contributed by atoms with van der Waals surface area (Å²) in [6, 6.07) is 5.20. The number of halogens is 1. The predicted molar refractivity (Wildman–Crippen MR) is 95.6 cm³/mol. The first kappa shape index (κ1) is 21.2. The lowest BCUT2D eigenvalue weighted by molar-refractivity contribution is -0.125. The Bertz CT molecular complexity index is 658. The molecule has 1 aliphatic heterocycles. The van der Waals surface area contributed by atoms with E-state index < -0.39 is 36.1 Å². The van der Waals surface area contributed by atoms with Crippen LogP contribution in [0.25, 0.3) is 0 Å². The Morgan fingerprint density at radius 1 is 1.19 bits per heavy atom. The molecule has 2 rings (SSSR count). The number of aliphatic hydroxyl groups is 2. The largest absolute Gasteiger partial charge is 0.388 e. The number of nitrogens with one attached hydrogen (secondary N) is 2. The molecule has 9 heteroatoms. The molecule has 1 saturated heterocycles. The molecule has 1 aromatic rings. The molecule has 0 aliphatic carbocycles. The molecule has 0 saturated carbocycles. The molecule has 0 bridgehead atoms. The van der Waals surface area contributed by atoms with Crippen LogP contribution in [-0.4, -0.2) is 85.1 Å². The Balaban J connectivity index is 1.81. The second kappa shape index (κ2) is 9.75. The number of carbonyl (C=O) groups excluding carboxylic acids is 2. The Morgan fingerprint density at radius 2 is 1.89 bits per heavy atom. The number of hydrogen-bond donors (Lipinski definition) is 4. The van der Waals surface area contributed by atoms with E-state index in [4.69, 9.17) is 4.74 Å². The number of amides is 2. The molecule has 4 atom stereocenters. The van der Waals surface area contributed by atoms with Crippen LogP contribution in [0.1, 0.15) is 16.8 Å². The Labute approximate surface area is 157 Å². The Kier molecular flexibility index (Phi) is 7.66. The van der Waals surface area contributed by atoms with Crippen molar-refractivity contribution in [3.63, 3.8) is 0 Å². The molecule has 0 aromatic heterocycles. The van der Waals surface area contributed by atoms with Gasteiger partial charge in [0.1, 0.15) is 24.1 Å². The molecule has 1 heterocycles. The van der Waals surface area contributed by atoms with Gasteiger partial charge in [-0.25, -0.2) is 4.39 Å². The number of carbonyl (C=O) groups is 2. The fraction of sp³-hybridized carbons (Fsp3) is 0.556. The van der Waals surface area contributed by atoms with Gasteiger partial charge in [0.05, 0.1) is 12.5 Å². The Hall–Kier alpha value is -2.07. The fourth-order valence-corrected chi connectivity index (χ4v) is 2.76. The van der Waals surface area contributed by atoms with Crippen LogP contribution in [0.4, 0.5) is 4.39 Å². The lowest BCUT2D eigenvalue weighted by Gasteiger charge is -2.15. The van der Waals surface area contributed by atoms with Crippen LogP contribution in [-0.2, 0) is 9.53 Å². The summed E-state index contributed by atoms with van der Waals surface area (Å²) in [5.41, 5.74) is 0.139. The minimum atomic E-state index is -1.24. The van der Waals surface area contributed by atoms with Crippen molar-refractivity contribution in [1.82, 2.24) is 15.5 Å². The van der Waals surface area contributed by atoms with Gasteiger partial charge >= 0.3 is 0 Å². The van der Waals surface area contributed by atoms with Gasteiger partial charge in [0.25, 0.3) is 5.91 Å². The average molecular weight is 383 g/mol. The van der Waals surface area contributed by atoms with Gasteiger partial charge in [-0.3, -0.25) is 9.59 Å². The third-order valence-corrected chi connectivity index (χ3v) is 4.28. The molecular weight excluding hydrogens is 357 g/mol. The number of benzene rings is 1. The van der Waals surface area contributed by atoms with Crippen LogP contribution >= 0.6 is 0 Å². The van der Waals surface area contributed by atoms with Gasteiger partial charge < -0.3 is 30.5 Å². The molecule has 1 aliphatic rings. The van der Waals surface area contributed by atoms with Crippen molar-refractivity contribution < 1.29 is 28.9 Å². The highest BCUT2D eigenvalue weighted by Gasteiger charge is 2.43. The standard InChI is InChI=1S/C18H26FN3O5/c1-22(2)7-6-20-15(23)9-13-16(24)17(25)14(27-13)10-21-18(26)11-4-3-5-12(19)8-11/h3-5,8,13-14,16-17,24-25H,6-7,9-10H2,1-2H3,(H,20,23)(H,21,26)/t13-,14-,16+,17-/m1/s1. The van der Waals surface area contributed by atoms with E-state index in [0.29, 0.717) is 13.1 Å². The summed E-state index contributed by atoms with van der Waals surface area (Å²) in [4.78, 5) is 25.9. The van der Waals surface area contributed by atoms with Crippen molar-refractivity contribution >= 4 is 11.8 Å². The van der Waals surface area contributed by atoms with Crippen molar-refractivity contribution in [1.29, 1.82) is 0 Å². The van der Waals surface area contributed by atoms with Crippen LogP contribution in [0.2, 0.25) is 0 Å². The SMILES string of the molecule is CN(C)CCNC(=O)C[C@H]1O[C@H](CNC(=O)c2cccc(F)c2)[C@@H](O)[C@H]1O. The number of rotatable bonds is 8. The van der Waals surface area contributed by atoms with Gasteiger partial charge in [-0.2, -0.15) is 0 Å². The van der Waals surface area contributed by atoms with Crippen LogP contribution in [0, 0.1) is 5.82 Å². The number of nitrogens with zero attached hydrogens (tertiary/aromatic N) is 1. The van der Waals surface area contributed by atoms with Crippen molar-refractivity contribution in [2.75, 3.05) is 33.7 Å². The molecule has 1 fully saturated rings. The van der Waals surface area contributed by atoms with E-state index in [9.17, 15) is 24.2 Å². The monoisotopic (exact) mass is 383 g/mol. The first-order valence-corrected chi connectivity index (χ1v) is 8.74. The minimum Gasteiger partial charge on any atom is -0.388 e. The maximum Gasteiger partial charge on any atom is 0.251 e. The molecule has 4 N–H and O–H groups in total. The van der Waals surface area contributed by atoms with E-state index in [2.05, 4.69) is 10.6 Å². The van der Waals surface area contributed by atoms with Gasteiger partial charge in [-0.05, 0) is 32.3 Å². The number of likely N-dealkylation sites (N-methyl/N-ethyl adjacent to an activating group) is 1. The number of aliphatic hydroxyl groups excluding tert-OH is 2. The molecule has 0 spiro atoms. The van der Waals surface area contributed by atoms with Gasteiger partial charge in [0.15, 0.2) is 0 Å². The highest BCUT2D eigenvalue weighted by Crippen LogP contribution is 2.23. The molecule has 8 nitrogen and oxygen atoms in total. The van der Waals surface area contributed by atoms with Gasteiger partial charge in [-0.1, -0.05) is 6.07 Å². The lowest BCUT2D eigenvalue weighted by Crippen LogP contribution is -2.40. The second-order valence-corrected chi connectivity index (χ2v) is 6.77. The summed E-state index contributed by atoms with van der Waals surface area (Å²) in [5, 5.41) is 25.4. The van der Waals surface area contributed by atoms with Crippen LogP contribution < -0.4 is 10.6 Å². The third kappa shape index (κ3) is 6.24. The third-order valence-electron chi connectivity index (χ3n) is 4.28.